The van der Waals surface area contributed by atoms with Crippen molar-refractivity contribution in [3.05, 3.63) is 11.5 Å². The van der Waals surface area contributed by atoms with Crippen LogP contribution < -0.4 is 5.32 Å². The molecule has 2 unspecified atom stereocenters. The fourth-order valence-corrected chi connectivity index (χ4v) is 2.23. The molecule has 1 aromatic heterocycles. The van der Waals surface area contributed by atoms with E-state index in [1.807, 2.05) is 13.8 Å². The topological polar surface area (TPSA) is 38.1 Å². The molecule has 0 bridgehead atoms. The third-order valence-corrected chi connectivity index (χ3v) is 3.22. The lowest BCUT2D eigenvalue weighted by atomic mass is 10.1. The molecule has 0 aromatic carbocycles. The summed E-state index contributed by atoms with van der Waals surface area (Å²) in [4.78, 5) is 0. The standard InChI is InChI=1S/C11H18N2O/c1-7-5-4-6-10(7)12-11-8(2)13-14-9(11)3/h7,10,12H,4-6H2,1-3H3. The van der Waals surface area contributed by atoms with Gasteiger partial charge in [-0.15, -0.1) is 0 Å². The van der Waals surface area contributed by atoms with Crippen molar-refractivity contribution in [2.24, 2.45) is 5.92 Å². The van der Waals surface area contributed by atoms with Crippen LogP contribution in [-0.4, -0.2) is 11.2 Å². The summed E-state index contributed by atoms with van der Waals surface area (Å²) in [6, 6.07) is 0.604. The summed E-state index contributed by atoms with van der Waals surface area (Å²) in [6.07, 6.45) is 3.94. The minimum Gasteiger partial charge on any atom is -0.378 e. The Morgan fingerprint density at radius 2 is 2.14 bits per heavy atom. The van der Waals surface area contributed by atoms with E-state index in [-0.39, 0.29) is 0 Å². The molecule has 1 aromatic rings. The van der Waals surface area contributed by atoms with Gasteiger partial charge in [-0.25, -0.2) is 0 Å². The lowest BCUT2D eigenvalue weighted by Crippen LogP contribution is -2.22. The number of rotatable bonds is 2. The van der Waals surface area contributed by atoms with Crippen molar-refractivity contribution in [2.45, 2.75) is 46.1 Å². The Labute approximate surface area is 84.9 Å². The molecular weight excluding hydrogens is 176 g/mol. The Bertz CT molecular complexity index is 300. The lowest BCUT2D eigenvalue weighted by Gasteiger charge is -2.17. The fraction of sp³-hybridized carbons (Fsp3) is 0.727. The SMILES string of the molecule is Cc1noc(C)c1NC1CCCC1C. The van der Waals surface area contributed by atoms with Gasteiger partial charge >= 0.3 is 0 Å². The van der Waals surface area contributed by atoms with Gasteiger partial charge in [0.05, 0.1) is 0 Å². The van der Waals surface area contributed by atoms with Gasteiger partial charge in [0, 0.05) is 6.04 Å². The second kappa shape index (κ2) is 3.64. The molecule has 1 saturated carbocycles. The Morgan fingerprint density at radius 1 is 1.36 bits per heavy atom. The molecule has 0 aliphatic heterocycles. The Morgan fingerprint density at radius 3 is 2.64 bits per heavy atom. The monoisotopic (exact) mass is 194 g/mol. The molecule has 78 valence electrons. The average Bonchev–Trinajstić information content (AvgIpc) is 2.67. The number of hydrogen-bond acceptors (Lipinski definition) is 3. The normalized spacial score (nSPS) is 26.8. The van der Waals surface area contributed by atoms with Gasteiger partial charge in [-0.2, -0.15) is 0 Å². The highest BCUT2D eigenvalue weighted by Gasteiger charge is 2.24. The molecule has 2 atom stereocenters. The van der Waals surface area contributed by atoms with E-state index in [4.69, 9.17) is 4.52 Å². The maximum absolute atomic E-state index is 5.13. The van der Waals surface area contributed by atoms with Crippen LogP contribution in [0.25, 0.3) is 0 Å². The third-order valence-electron chi connectivity index (χ3n) is 3.22. The largest absolute Gasteiger partial charge is 0.378 e. The van der Waals surface area contributed by atoms with E-state index in [1.54, 1.807) is 0 Å². The maximum Gasteiger partial charge on any atom is 0.157 e. The molecule has 2 rings (SSSR count). The summed E-state index contributed by atoms with van der Waals surface area (Å²) < 4.78 is 5.13. The molecule has 0 amide bonds. The van der Waals surface area contributed by atoms with E-state index in [2.05, 4.69) is 17.4 Å². The van der Waals surface area contributed by atoms with Gasteiger partial charge < -0.3 is 9.84 Å². The predicted octanol–water partition coefficient (Wildman–Crippen LogP) is 2.89. The number of aryl methyl sites for hydroxylation is 2. The molecular formula is C11H18N2O. The van der Waals surface area contributed by atoms with Crippen LogP contribution >= 0.6 is 0 Å². The van der Waals surface area contributed by atoms with Crippen LogP contribution in [-0.2, 0) is 0 Å². The zero-order valence-electron chi connectivity index (χ0n) is 9.13. The fourth-order valence-electron chi connectivity index (χ4n) is 2.23. The van der Waals surface area contributed by atoms with Gasteiger partial charge in [0.25, 0.3) is 0 Å². The van der Waals surface area contributed by atoms with Gasteiger partial charge in [-0.3, -0.25) is 0 Å². The zero-order chi connectivity index (χ0) is 10.1. The first kappa shape index (κ1) is 9.56. The van der Waals surface area contributed by atoms with E-state index in [9.17, 15) is 0 Å². The van der Waals surface area contributed by atoms with Crippen LogP contribution in [0.5, 0.6) is 0 Å². The second-order valence-electron chi connectivity index (χ2n) is 4.36. The van der Waals surface area contributed by atoms with Crippen LogP contribution in [0.15, 0.2) is 4.52 Å². The van der Waals surface area contributed by atoms with Gasteiger partial charge in [0.15, 0.2) is 5.76 Å². The number of hydrogen-bond donors (Lipinski definition) is 1. The van der Waals surface area contributed by atoms with Crippen molar-refractivity contribution in [3.8, 4) is 0 Å². The van der Waals surface area contributed by atoms with Crippen molar-refractivity contribution >= 4 is 5.69 Å². The summed E-state index contributed by atoms with van der Waals surface area (Å²) in [5, 5.41) is 7.50. The molecule has 0 saturated heterocycles. The molecule has 1 aliphatic carbocycles. The van der Waals surface area contributed by atoms with E-state index in [0.717, 1.165) is 23.1 Å². The highest BCUT2D eigenvalue weighted by atomic mass is 16.5. The van der Waals surface area contributed by atoms with Crippen molar-refractivity contribution in [2.75, 3.05) is 5.32 Å². The van der Waals surface area contributed by atoms with Crippen LogP contribution in [0.4, 0.5) is 5.69 Å². The van der Waals surface area contributed by atoms with Crippen molar-refractivity contribution < 1.29 is 4.52 Å². The number of nitrogens with zero attached hydrogens (tertiary/aromatic N) is 1. The first-order chi connectivity index (χ1) is 6.68. The molecule has 1 heterocycles. The molecule has 0 spiro atoms. The maximum atomic E-state index is 5.13. The van der Waals surface area contributed by atoms with Crippen molar-refractivity contribution in [1.82, 2.24) is 5.16 Å². The van der Waals surface area contributed by atoms with Crippen molar-refractivity contribution in [3.63, 3.8) is 0 Å². The smallest absolute Gasteiger partial charge is 0.157 e. The van der Waals surface area contributed by atoms with E-state index in [0.29, 0.717) is 6.04 Å². The summed E-state index contributed by atoms with van der Waals surface area (Å²) in [5.74, 6) is 1.67. The van der Waals surface area contributed by atoms with Gasteiger partial charge in [-0.1, -0.05) is 18.5 Å². The molecule has 1 N–H and O–H groups in total. The number of aromatic nitrogens is 1. The first-order valence-corrected chi connectivity index (χ1v) is 5.38. The second-order valence-corrected chi connectivity index (χ2v) is 4.36. The molecule has 0 radical (unpaired) electrons. The first-order valence-electron chi connectivity index (χ1n) is 5.38. The molecule has 3 nitrogen and oxygen atoms in total. The van der Waals surface area contributed by atoms with Crippen LogP contribution in [0.3, 0.4) is 0 Å². The quantitative estimate of drug-likeness (QED) is 0.786. The van der Waals surface area contributed by atoms with Crippen molar-refractivity contribution in [1.29, 1.82) is 0 Å². The van der Waals surface area contributed by atoms with Gasteiger partial charge in [-0.05, 0) is 32.6 Å². The summed E-state index contributed by atoms with van der Waals surface area (Å²) in [5.41, 5.74) is 2.07. The third kappa shape index (κ3) is 1.63. The minimum absolute atomic E-state index is 0.604. The van der Waals surface area contributed by atoms with Gasteiger partial charge in [0.1, 0.15) is 11.4 Å². The predicted molar refractivity (Wildman–Crippen MR) is 56.4 cm³/mol. The summed E-state index contributed by atoms with van der Waals surface area (Å²) in [6.45, 7) is 6.25. The molecule has 1 fully saturated rings. The molecule has 1 aliphatic rings. The zero-order valence-corrected chi connectivity index (χ0v) is 9.13. The number of anilines is 1. The van der Waals surface area contributed by atoms with Crippen LogP contribution in [0.1, 0.15) is 37.6 Å². The Kier molecular flexibility index (Phi) is 2.48. The Hall–Kier alpha value is -0.990. The molecule has 14 heavy (non-hydrogen) atoms. The number of nitrogens with one attached hydrogen (secondary N) is 1. The highest BCUT2D eigenvalue weighted by molar-refractivity contribution is 5.50. The summed E-state index contributed by atoms with van der Waals surface area (Å²) in [7, 11) is 0. The minimum atomic E-state index is 0.604. The van der Waals surface area contributed by atoms with Gasteiger partial charge in [0.2, 0.25) is 0 Å². The molecule has 3 heteroatoms. The van der Waals surface area contributed by atoms with Crippen LogP contribution in [0.2, 0.25) is 0 Å². The lowest BCUT2D eigenvalue weighted by molar-refractivity contribution is 0.393. The average molecular weight is 194 g/mol. The van der Waals surface area contributed by atoms with E-state index in [1.165, 1.54) is 19.3 Å². The summed E-state index contributed by atoms with van der Waals surface area (Å²) >= 11 is 0. The van der Waals surface area contributed by atoms with E-state index < -0.39 is 0 Å². The van der Waals surface area contributed by atoms with Crippen LogP contribution in [0, 0.1) is 19.8 Å². The van der Waals surface area contributed by atoms with E-state index >= 15 is 0 Å². The Balaban J connectivity index is 2.10. The highest BCUT2D eigenvalue weighted by Crippen LogP contribution is 2.30.